The van der Waals surface area contributed by atoms with E-state index in [4.69, 9.17) is 8.83 Å². The van der Waals surface area contributed by atoms with E-state index in [2.05, 4.69) is 222 Å². The molecule has 0 radical (unpaired) electrons. The summed E-state index contributed by atoms with van der Waals surface area (Å²) < 4.78 is 15.7. The summed E-state index contributed by atoms with van der Waals surface area (Å²) in [5.41, 5.74) is 12.5. The number of fused-ring (bicyclic) bond motifs is 11. The van der Waals surface area contributed by atoms with Crippen LogP contribution in [0, 0.1) is 41.7 Å². The van der Waals surface area contributed by atoms with E-state index in [1.807, 2.05) is 12.1 Å². The summed E-state index contributed by atoms with van der Waals surface area (Å²) >= 11 is 0. The van der Waals surface area contributed by atoms with Gasteiger partial charge in [-0.2, -0.15) is 4.58 Å². The summed E-state index contributed by atoms with van der Waals surface area (Å²) in [5, 5.41) is 13.9. The molecular weight excluding hydrogens is 805 g/mol. The molecular formula is C62H39N2O2+. The molecule has 1 aliphatic carbocycles. The average molecular weight is 844 g/mol. The van der Waals surface area contributed by atoms with Gasteiger partial charge in [-0.05, 0) is 95.3 Å². The molecule has 66 heavy (non-hydrogen) atoms. The summed E-state index contributed by atoms with van der Waals surface area (Å²) in [5.74, 6) is 0. The SMILES string of the molecule is C1=[N+](c2ccccc2)c2cc3c(cc2N(c2ccccc2)C1)=c1cc(-c2cccc4c2oc2ccccc24)ccc1=c1ccc(-c2cccc4c2oc2ccccc24)cc1=c1ccccc1=3. The van der Waals surface area contributed by atoms with Crippen LogP contribution in [0.4, 0.5) is 22.7 Å². The fourth-order valence-corrected chi connectivity index (χ4v) is 10.7. The van der Waals surface area contributed by atoms with E-state index in [9.17, 15) is 0 Å². The van der Waals surface area contributed by atoms with Gasteiger partial charge in [-0.25, -0.2) is 0 Å². The number of hydrogen-bond acceptors (Lipinski definition) is 3. The van der Waals surface area contributed by atoms with Crippen molar-refractivity contribution in [2.24, 2.45) is 0 Å². The lowest BCUT2D eigenvalue weighted by molar-refractivity contribution is 0.669. The fraction of sp³-hybridized carbons (Fsp3) is 0.0161. The lowest BCUT2D eigenvalue weighted by Gasteiger charge is -2.27. The van der Waals surface area contributed by atoms with Gasteiger partial charge < -0.3 is 13.7 Å². The molecule has 0 saturated carbocycles. The molecule has 4 heteroatoms. The van der Waals surface area contributed by atoms with Crippen molar-refractivity contribution in [2.75, 3.05) is 11.4 Å². The molecule has 0 spiro atoms. The minimum atomic E-state index is 0.714. The molecule has 12 aromatic rings. The molecule has 2 aromatic heterocycles. The van der Waals surface area contributed by atoms with E-state index in [-0.39, 0.29) is 0 Å². The van der Waals surface area contributed by atoms with Crippen molar-refractivity contribution in [3.8, 4) is 22.3 Å². The summed E-state index contributed by atoms with van der Waals surface area (Å²) in [7, 11) is 0. The second-order valence-corrected chi connectivity index (χ2v) is 17.3. The number of rotatable bonds is 4. The van der Waals surface area contributed by atoms with Crippen molar-refractivity contribution in [1.82, 2.24) is 4.58 Å². The Morgan fingerprint density at radius 1 is 0.364 bits per heavy atom. The largest absolute Gasteiger partial charge is 0.455 e. The minimum absolute atomic E-state index is 0.714. The summed E-state index contributed by atoms with van der Waals surface area (Å²) in [4.78, 5) is 2.44. The average Bonchev–Trinajstić information content (AvgIpc) is 3.97. The van der Waals surface area contributed by atoms with Crippen molar-refractivity contribution < 1.29 is 8.83 Å². The van der Waals surface area contributed by atoms with Crippen molar-refractivity contribution in [2.45, 2.75) is 0 Å². The number of hydrogen-bond donors (Lipinski definition) is 0. The van der Waals surface area contributed by atoms with Gasteiger partial charge in [0.2, 0.25) is 11.4 Å². The molecule has 0 atom stereocenters. The van der Waals surface area contributed by atoms with Gasteiger partial charge in [0.05, 0.1) is 0 Å². The van der Waals surface area contributed by atoms with Gasteiger partial charge in [0.25, 0.3) is 0 Å². The molecule has 1 aliphatic heterocycles. The van der Waals surface area contributed by atoms with E-state index >= 15 is 0 Å². The van der Waals surface area contributed by atoms with E-state index in [1.54, 1.807) is 0 Å². The van der Waals surface area contributed by atoms with Gasteiger partial charge in [0.15, 0.2) is 6.21 Å². The highest BCUT2D eigenvalue weighted by Gasteiger charge is 2.28. The quantitative estimate of drug-likeness (QED) is 0.165. The third-order valence-corrected chi connectivity index (χ3v) is 13.8. The highest BCUT2D eigenvalue weighted by Crippen LogP contribution is 2.41. The van der Waals surface area contributed by atoms with Gasteiger partial charge in [-0.15, -0.1) is 0 Å². The molecule has 308 valence electrons. The van der Waals surface area contributed by atoms with Crippen LogP contribution in [0.1, 0.15) is 0 Å². The predicted octanol–water partition coefficient (Wildman–Crippen LogP) is 15.3. The first-order valence-electron chi connectivity index (χ1n) is 22.6. The number of anilines is 2. The fourth-order valence-electron chi connectivity index (χ4n) is 10.7. The van der Waals surface area contributed by atoms with Crippen molar-refractivity contribution in [3.63, 3.8) is 0 Å². The van der Waals surface area contributed by atoms with Gasteiger partial charge in [-0.1, -0.05) is 158 Å². The van der Waals surface area contributed by atoms with E-state index < -0.39 is 0 Å². The molecule has 3 heterocycles. The molecule has 10 aromatic carbocycles. The second-order valence-electron chi connectivity index (χ2n) is 17.3. The number of benzene rings is 10. The van der Waals surface area contributed by atoms with Crippen molar-refractivity contribution >= 4 is 72.8 Å². The topological polar surface area (TPSA) is 32.5 Å². The first-order valence-corrected chi connectivity index (χ1v) is 22.6. The van der Waals surface area contributed by atoms with Gasteiger partial charge in [0.1, 0.15) is 34.6 Å². The number of furan rings is 2. The second kappa shape index (κ2) is 14.4. The van der Waals surface area contributed by atoms with E-state index in [1.165, 1.54) is 36.5 Å². The lowest BCUT2D eigenvalue weighted by atomic mass is 9.95. The zero-order chi connectivity index (χ0) is 43.3. The maximum atomic E-state index is 6.67. The first-order chi connectivity index (χ1) is 32.7. The third-order valence-electron chi connectivity index (χ3n) is 13.8. The zero-order valence-electron chi connectivity index (χ0n) is 35.8. The van der Waals surface area contributed by atoms with Gasteiger partial charge >= 0.3 is 0 Å². The van der Waals surface area contributed by atoms with Crippen LogP contribution >= 0.6 is 0 Å². The molecule has 0 saturated heterocycles. The smallest absolute Gasteiger partial charge is 0.235 e. The van der Waals surface area contributed by atoms with E-state index in [0.717, 1.165) is 94.1 Å². The van der Waals surface area contributed by atoms with E-state index in [0.29, 0.717) is 6.54 Å². The van der Waals surface area contributed by atoms with Crippen LogP contribution in [0.25, 0.3) is 66.1 Å². The third kappa shape index (κ3) is 5.55. The molecule has 0 N–H and O–H groups in total. The Morgan fingerprint density at radius 2 is 0.833 bits per heavy atom. The molecule has 4 nitrogen and oxygen atoms in total. The van der Waals surface area contributed by atoms with Crippen molar-refractivity contribution in [1.29, 1.82) is 0 Å². The Balaban J connectivity index is 1.16. The minimum Gasteiger partial charge on any atom is -0.455 e. The zero-order valence-corrected chi connectivity index (χ0v) is 35.8. The summed E-state index contributed by atoms with van der Waals surface area (Å²) in [6.07, 6.45) is 2.31. The molecule has 0 unspecified atom stereocenters. The summed E-state index contributed by atoms with van der Waals surface area (Å²) in [6, 6.07) is 79.0. The molecule has 0 bridgehead atoms. The molecule has 2 aliphatic rings. The highest BCUT2D eigenvalue weighted by atomic mass is 16.3. The molecule has 0 fully saturated rings. The van der Waals surface area contributed by atoms with Crippen LogP contribution in [-0.4, -0.2) is 12.8 Å². The van der Waals surface area contributed by atoms with Crippen LogP contribution in [0.2, 0.25) is 0 Å². The van der Waals surface area contributed by atoms with Crippen LogP contribution in [0.5, 0.6) is 0 Å². The lowest BCUT2D eigenvalue weighted by Crippen LogP contribution is -2.29. The first kappa shape index (κ1) is 36.7. The monoisotopic (exact) mass is 843 g/mol. The van der Waals surface area contributed by atoms with Crippen LogP contribution in [0.15, 0.2) is 227 Å². The molecule has 14 rings (SSSR count). The Labute approximate surface area is 378 Å². The van der Waals surface area contributed by atoms with Gasteiger partial charge in [-0.3, -0.25) is 0 Å². The Hall–Kier alpha value is -8.73. The highest BCUT2D eigenvalue weighted by molar-refractivity contribution is 6.10. The Bertz CT molecular complexity index is 4440. The maximum Gasteiger partial charge on any atom is 0.235 e. The predicted molar refractivity (Wildman–Crippen MR) is 269 cm³/mol. The van der Waals surface area contributed by atoms with Crippen LogP contribution < -0.4 is 9.48 Å². The van der Waals surface area contributed by atoms with Crippen LogP contribution in [-0.2, 0) is 0 Å². The Kier molecular flexibility index (Phi) is 8.01. The number of nitrogens with zero attached hydrogens (tertiary/aromatic N) is 2. The van der Waals surface area contributed by atoms with Crippen LogP contribution in [0.3, 0.4) is 0 Å². The standard InChI is InChI=1S/C62H39N2O2/c1-3-15-41(16-4-1)63-33-34-64(42-17-5-2-6-18-42)58-38-56-54-36-40(44-24-14-26-52-50-22-10-12-28-60(50)66-62(44)52)30-32-48(54)47-31-29-39(35-53(47)45-19-7-8-20-46(45)55(56)37-57(58)63)43-23-13-25-51-49-21-9-11-27-59(49)65-61(43)51/h1-33,35-38H,34H2/q+1. The summed E-state index contributed by atoms with van der Waals surface area (Å²) in [6.45, 7) is 0.714. The van der Waals surface area contributed by atoms with Gasteiger partial charge in [0, 0.05) is 56.6 Å². The maximum absolute atomic E-state index is 6.67. The van der Waals surface area contributed by atoms with Crippen molar-refractivity contribution in [3.05, 3.63) is 260 Å². The normalized spacial score (nSPS) is 12.8. The Morgan fingerprint density at radius 3 is 1.44 bits per heavy atom. The molecule has 0 amide bonds. The number of para-hydroxylation sites is 6.